The molecule has 0 saturated heterocycles. The minimum absolute atomic E-state index is 0.0190. The van der Waals surface area contributed by atoms with Crippen LogP contribution >= 0.6 is 0 Å². The van der Waals surface area contributed by atoms with Gasteiger partial charge in [-0.2, -0.15) is 0 Å². The number of halogens is 1. The highest BCUT2D eigenvalue weighted by Crippen LogP contribution is 2.26. The second kappa shape index (κ2) is 11.2. The molecule has 2 aromatic rings. The Morgan fingerprint density at radius 3 is 2.29 bits per heavy atom. The molecule has 1 aromatic heterocycles. The topological polar surface area (TPSA) is 71.1 Å². The molecule has 0 bridgehead atoms. The van der Waals surface area contributed by atoms with Gasteiger partial charge in [0.05, 0.1) is 4.90 Å². The number of hydrogen-bond donors (Lipinski definition) is 2. The molecular formula is C27H32FN3O2S. The highest BCUT2D eigenvalue weighted by Gasteiger charge is 2.27. The van der Waals surface area contributed by atoms with Crippen molar-refractivity contribution in [2.75, 3.05) is 6.54 Å². The Balaban J connectivity index is 1.24. The minimum atomic E-state index is -1.29. The molecule has 5 nitrogen and oxygen atoms in total. The summed E-state index contributed by atoms with van der Waals surface area (Å²) in [5, 5.41) is 3.00. The normalized spacial score (nSPS) is 21.4. The Kier molecular flexibility index (Phi) is 8.06. The maximum atomic E-state index is 13.1. The number of pyridine rings is 1. The van der Waals surface area contributed by atoms with Crippen LogP contribution in [0.15, 0.2) is 64.8 Å². The monoisotopic (exact) mass is 481 g/mol. The molecule has 2 N–H and O–H groups in total. The van der Waals surface area contributed by atoms with Gasteiger partial charge in [0.15, 0.2) is 0 Å². The molecule has 0 radical (unpaired) electrons. The van der Waals surface area contributed by atoms with Crippen molar-refractivity contribution < 1.29 is 13.4 Å². The molecule has 0 aliphatic heterocycles. The van der Waals surface area contributed by atoms with Crippen LogP contribution in [0.2, 0.25) is 0 Å². The van der Waals surface area contributed by atoms with Crippen LogP contribution in [-0.4, -0.2) is 27.7 Å². The Hall–Kier alpha value is -2.64. The quantitative estimate of drug-likeness (QED) is 0.569. The summed E-state index contributed by atoms with van der Waals surface area (Å²) in [5.74, 6) is -0.0599. The number of aryl methyl sites for hydroxylation is 2. The molecule has 1 unspecified atom stereocenters. The highest BCUT2D eigenvalue weighted by atomic mass is 32.2. The molecule has 2 aliphatic carbocycles. The van der Waals surface area contributed by atoms with Crippen molar-refractivity contribution in [3.8, 4) is 11.1 Å². The van der Waals surface area contributed by atoms with Gasteiger partial charge in [0.2, 0.25) is 5.91 Å². The number of nitrogens with one attached hydrogen (secondary N) is 2. The van der Waals surface area contributed by atoms with Crippen LogP contribution in [0.1, 0.15) is 49.9 Å². The Labute approximate surface area is 203 Å². The maximum Gasteiger partial charge on any atom is 0.223 e. The van der Waals surface area contributed by atoms with E-state index in [2.05, 4.69) is 27.2 Å². The third-order valence-electron chi connectivity index (χ3n) is 6.53. The number of carbonyl (C=O) groups excluding carboxylic acids is 1. The summed E-state index contributed by atoms with van der Waals surface area (Å²) in [6, 6.07) is 12.0. The van der Waals surface area contributed by atoms with Gasteiger partial charge in [-0.05, 0) is 87.4 Å². The zero-order valence-corrected chi connectivity index (χ0v) is 20.6. The fourth-order valence-corrected chi connectivity index (χ4v) is 5.67. The minimum Gasteiger partial charge on any atom is -0.352 e. The molecular weight excluding hydrogens is 449 g/mol. The highest BCUT2D eigenvalue weighted by molar-refractivity contribution is 7.83. The Morgan fingerprint density at radius 1 is 1.00 bits per heavy atom. The number of benzene rings is 1. The SMILES string of the molecule is Cc1cc(-c2ccc(S(=O)NC3CCC(C(=O)NCC4=CC=C(F)CC4)CC3)cc2)cc(C)n1. The van der Waals surface area contributed by atoms with E-state index in [4.69, 9.17) is 0 Å². The molecule has 180 valence electrons. The summed E-state index contributed by atoms with van der Waals surface area (Å²) in [6.07, 6.45) is 7.50. The van der Waals surface area contributed by atoms with Gasteiger partial charge >= 0.3 is 0 Å². The van der Waals surface area contributed by atoms with Crippen LogP contribution in [-0.2, 0) is 15.8 Å². The van der Waals surface area contributed by atoms with Crippen LogP contribution < -0.4 is 10.0 Å². The van der Waals surface area contributed by atoms with Crippen LogP contribution in [0.3, 0.4) is 0 Å². The molecule has 1 heterocycles. The lowest BCUT2D eigenvalue weighted by Crippen LogP contribution is -2.39. The van der Waals surface area contributed by atoms with Crippen LogP contribution in [0, 0.1) is 19.8 Å². The lowest BCUT2D eigenvalue weighted by Gasteiger charge is -2.28. The molecule has 1 aromatic carbocycles. The molecule has 34 heavy (non-hydrogen) atoms. The number of hydrogen-bond acceptors (Lipinski definition) is 3. The van der Waals surface area contributed by atoms with Gasteiger partial charge in [-0.1, -0.05) is 23.8 Å². The zero-order valence-electron chi connectivity index (χ0n) is 19.8. The molecule has 7 heteroatoms. The number of carbonyl (C=O) groups is 1. The molecule has 2 aliphatic rings. The number of nitrogens with zero attached hydrogens (tertiary/aromatic N) is 1. The predicted molar refractivity (Wildman–Crippen MR) is 134 cm³/mol. The van der Waals surface area contributed by atoms with E-state index < -0.39 is 11.0 Å². The van der Waals surface area contributed by atoms with Gasteiger partial charge in [-0.15, -0.1) is 0 Å². The van der Waals surface area contributed by atoms with E-state index in [0.717, 1.165) is 58.7 Å². The summed E-state index contributed by atoms with van der Waals surface area (Å²) >= 11 is 0. The van der Waals surface area contributed by atoms with Crippen molar-refractivity contribution in [3.05, 3.63) is 71.3 Å². The molecule has 1 amide bonds. The van der Waals surface area contributed by atoms with Gasteiger partial charge in [-0.25, -0.2) is 13.3 Å². The van der Waals surface area contributed by atoms with Crippen molar-refractivity contribution >= 4 is 16.9 Å². The van der Waals surface area contributed by atoms with E-state index >= 15 is 0 Å². The number of rotatable bonds is 7. The van der Waals surface area contributed by atoms with E-state index in [1.807, 2.05) is 38.1 Å². The molecule has 1 atom stereocenters. The van der Waals surface area contributed by atoms with Gasteiger partial charge < -0.3 is 5.32 Å². The van der Waals surface area contributed by atoms with Crippen molar-refractivity contribution in [3.63, 3.8) is 0 Å². The van der Waals surface area contributed by atoms with Gasteiger partial charge in [-0.3, -0.25) is 9.78 Å². The fraction of sp³-hybridized carbons (Fsp3) is 0.407. The van der Waals surface area contributed by atoms with Gasteiger partial charge in [0, 0.05) is 36.3 Å². The van der Waals surface area contributed by atoms with Crippen LogP contribution in [0.5, 0.6) is 0 Å². The first kappa shape index (κ1) is 24.5. The molecule has 1 saturated carbocycles. The average Bonchev–Trinajstić information content (AvgIpc) is 2.83. The molecule has 4 rings (SSSR count). The van der Waals surface area contributed by atoms with Crippen LogP contribution in [0.4, 0.5) is 4.39 Å². The summed E-state index contributed by atoms with van der Waals surface area (Å²) in [5.41, 5.74) is 5.20. The first-order valence-corrected chi connectivity index (χ1v) is 13.1. The standard InChI is InChI=1S/C27H32FN3O2S/c1-18-15-23(16-19(2)30-18)21-7-13-26(14-8-21)34(33)31-25-11-5-22(6-12-25)27(32)29-17-20-3-9-24(28)10-4-20/h3,7-9,13-16,22,25,31H,4-6,10-12,17H2,1-2H3,(H,29,32). The summed E-state index contributed by atoms with van der Waals surface area (Å²) in [7, 11) is -1.29. The van der Waals surface area contributed by atoms with Crippen molar-refractivity contribution in [1.29, 1.82) is 0 Å². The third kappa shape index (κ3) is 6.48. The lowest BCUT2D eigenvalue weighted by atomic mass is 9.86. The second-order valence-electron chi connectivity index (χ2n) is 9.25. The molecule has 1 fully saturated rings. The predicted octanol–water partition coefficient (Wildman–Crippen LogP) is 5.23. The van der Waals surface area contributed by atoms with E-state index in [-0.39, 0.29) is 23.7 Å². The maximum absolute atomic E-state index is 13.1. The van der Waals surface area contributed by atoms with Crippen molar-refractivity contribution in [2.45, 2.75) is 63.3 Å². The largest absolute Gasteiger partial charge is 0.352 e. The number of aromatic nitrogens is 1. The van der Waals surface area contributed by atoms with E-state index in [1.165, 1.54) is 6.08 Å². The van der Waals surface area contributed by atoms with Gasteiger partial charge in [0.1, 0.15) is 16.8 Å². The number of amides is 1. The lowest BCUT2D eigenvalue weighted by molar-refractivity contribution is -0.125. The summed E-state index contributed by atoms with van der Waals surface area (Å²) < 4.78 is 29.2. The first-order valence-electron chi connectivity index (χ1n) is 11.9. The molecule has 0 spiro atoms. The van der Waals surface area contributed by atoms with Gasteiger partial charge in [0.25, 0.3) is 0 Å². The summed E-state index contributed by atoms with van der Waals surface area (Å²) in [6.45, 7) is 4.45. The van der Waals surface area contributed by atoms with E-state index in [9.17, 15) is 13.4 Å². The summed E-state index contributed by atoms with van der Waals surface area (Å²) in [4.78, 5) is 17.7. The zero-order chi connectivity index (χ0) is 24.1. The number of allylic oxidation sites excluding steroid dienone is 3. The van der Waals surface area contributed by atoms with Crippen molar-refractivity contribution in [2.24, 2.45) is 5.92 Å². The Bertz CT molecular complexity index is 1100. The van der Waals surface area contributed by atoms with E-state index in [1.54, 1.807) is 6.08 Å². The van der Waals surface area contributed by atoms with Crippen molar-refractivity contribution in [1.82, 2.24) is 15.0 Å². The fourth-order valence-electron chi connectivity index (χ4n) is 4.61. The van der Waals surface area contributed by atoms with Crippen LogP contribution in [0.25, 0.3) is 11.1 Å². The second-order valence-corrected chi connectivity index (χ2v) is 10.5. The third-order valence-corrected chi connectivity index (χ3v) is 7.78. The van der Waals surface area contributed by atoms with E-state index in [0.29, 0.717) is 19.4 Å². The Morgan fingerprint density at radius 2 is 1.68 bits per heavy atom. The average molecular weight is 482 g/mol. The first-order chi connectivity index (χ1) is 16.4. The smallest absolute Gasteiger partial charge is 0.223 e.